The summed E-state index contributed by atoms with van der Waals surface area (Å²) in [5.74, 6) is 1.55. The molecule has 1 fully saturated rings. The molecule has 1 saturated carbocycles. The summed E-state index contributed by atoms with van der Waals surface area (Å²) >= 11 is 0. The zero-order valence-corrected chi connectivity index (χ0v) is 13.9. The van der Waals surface area contributed by atoms with E-state index < -0.39 is 0 Å². The van der Waals surface area contributed by atoms with Gasteiger partial charge in [-0.25, -0.2) is 14.6 Å². The Morgan fingerprint density at radius 1 is 1.23 bits per heavy atom. The molecule has 1 N–H and O–H groups in total. The third kappa shape index (κ3) is 2.50. The summed E-state index contributed by atoms with van der Waals surface area (Å²) in [4.78, 5) is 38.6. The number of amides is 1. The van der Waals surface area contributed by atoms with Crippen LogP contribution < -0.4 is 5.56 Å². The summed E-state index contributed by atoms with van der Waals surface area (Å²) in [7, 11) is 0. The lowest BCUT2D eigenvalue weighted by molar-refractivity contribution is 0.0750. The van der Waals surface area contributed by atoms with E-state index in [1.807, 2.05) is 0 Å². The fourth-order valence-electron chi connectivity index (χ4n) is 3.24. The average Bonchev–Trinajstić information content (AvgIpc) is 3.19. The number of fused-ring (bicyclic) bond motifs is 1. The van der Waals surface area contributed by atoms with Gasteiger partial charge in [-0.2, -0.15) is 5.10 Å². The van der Waals surface area contributed by atoms with Gasteiger partial charge in [-0.15, -0.1) is 0 Å². The standard InChI is InChI=1S/C18H16N6O2/c25-17-13-9-23(10-14(13)21-16(22-17)11-2-3-11)18(26)12-4-6-19-15(8-12)24-7-1-5-20-24/h1,4-8,11H,2-3,9-10H2,(H,21,22,25). The fraction of sp³-hybridized carbons (Fsp3) is 0.278. The number of pyridine rings is 1. The molecule has 0 aromatic carbocycles. The van der Waals surface area contributed by atoms with Gasteiger partial charge in [0.05, 0.1) is 24.3 Å². The number of rotatable bonds is 3. The van der Waals surface area contributed by atoms with E-state index in [9.17, 15) is 9.59 Å². The van der Waals surface area contributed by atoms with E-state index in [1.165, 1.54) is 0 Å². The van der Waals surface area contributed by atoms with Crippen molar-refractivity contribution in [1.82, 2.24) is 29.6 Å². The van der Waals surface area contributed by atoms with Gasteiger partial charge >= 0.3 is 0 Å². The predicted octanol–water partition coefficient (Wildman–Crippen LogP) is 1.38. The molecular formula is C18H16N6O2. The third-order valence-electron chi connectivity index (χ3n) is 4.79. The van der Waals surface area contributed by atoms with Crippen LogP contribution in [0.4, 0.5) is 0 Å². The van der Waals surface area contributed by atoms with Crippen molar-refractivity contribution in [2.75, 3.05) is 0 Å². The summed E-state index contributed by atoms with van der Waals surface area (Å²) in [6, 6.07) is 5.17. The lowest BCUT2D eigenvalue weighted by atomic mass is 10.2. The molecule has 8 nitrogen and oxygen atoms in total. The molecule has 2 aliphatic rings. The average molecular weight is 348 g/mol. The first kappa shape index (κ1) is 15.0. The number of carbonyl (C=O) groups is 1. The van der Waals surface area contributed by atoms with Crippen molar-refractivity contribution in [3.05, 3.63) is 69.8 Å². The molecule has 0 atom stereocenters. The maximum atomic E-state index is 12.9. The number of nitrogens with zero attached hydrogens (tertiary/aromatic N) is 5. The zero-order valence-electron chi connectivity index (χ0n) is 13.9. The molecule has 1 aliphatic heterocycles. The Kier molecular flexibility index (Phi) is 3.24. The smallest absolute Gasteiger partial charge is 0.256 e. The van der Waals surface area contributed by atoms with E-state index in [4.69, 9.17) is 0 Å². The number of nitrogens with one attached hydrogen (secondary N) is 1. The summed E-state index contributed by atoms with van der Waals surface area (Å²) in [5.41, 5.74) is 1.69. The summed E-state index contributed by atoms with van der Waals surface area (Å²) in [6.07, 6.45) is 7.15. The topological polar surface area (TPSA) is 96.8 Å². The van der Waals surface area contributed by atoms with Crippen molar-refractivity contribution in [1.29, 1.82) is 0 Å². The lowest BCUT2D eigenvalue weighted by Crippen LogP contribution is -2.26. The Hall–Kier alpha value is -3.29. The van der Waals surface area contributed by atoms with Crippen LogP contribution in [0.3, 0.4) is 0 Å². The van der Waals surface area contributed by atoms with Crippen LogP contribution in [0.15, 0.2) is 41.6 Å². The molecule has 3 aromatic rings. The van der Waals surface area contributed by atoms with E-state index in [0.717, 1.165) is 18.7 Å². The lowest BCUT2D eigenvalue weighted by Gasteiger charge is -2.15. The highest BCUT2D eigenvalue weighted by Gasteiger charge is 2.32. The molecule has 1 amide bonds. The zero-order chi connectivity index (χ0) is 17.7. The minimum Gasteiger partial charge on any atom is -0.328 e. The van der Waals surface area contributed by atoms with Crippen LogP contribution in [-0.2, 0) is 13.1 Å². The van der Waals surface area contributed by atoms with Gasteiger partial charge in [0.1, 0.15) is 5.82 Å². The van der Waals surface area contributed by atoms with Gasteiger partial charge in [-0.05, 0) is 31.0 Å². The number of H-pyrrole nitrogens is 1. The Morgan fingerprint density at radius 3 is 2.88 bits per heavy atom. The SMILES string of the molecule is O=C(c1ccnc(-n2cccn2)c1)N1Cc2nc(C3CC3)[nH]c(=O)c2C1. The van der Waals surface area contributed by atoms with Gasteiger partial charge < -0.3 is 9.88 Å². The monoisotopic (exact) mass is 348 g/mol. The van der Waals surface area contributed by atoms with E-state index in [2.05, 4.69) is 20.1 Å². The Morgan fingerprint density at radius 2 is 2.12 bits per heavy atom. The maximum absolute atomic E-state index is 12.9. The van der Waals surface area contributed by atoms with Gasteiger partial charge in [0.25, 0.3) is 11.5 Å². The van der Waals surface area contributed by atoms with Crippen molar-refractivity contribution in [3.63, 3.8) is 0 Å². The van der Waals surface area contributed by atoms with Crippen LogP contribution in [0.1, 0.15) is 46.2 Å². The van der Waals surface area contributed by atoms with Crippen LogP contribution in [0, 0.1) is 0 Å². The van der Waals surface area contributed by atoms with E-state index in [1.54, 1.807) is 46.4 Å². The van der Waals surface area contributed by atoms with E-state index in [-0.39, 0.29) is 18.0 Å². The fourth-order valence-corrected chi connectivity index (χ4v) is 3.24. The largest absolute Gasteiger partial charge is 0.328 e. The Bertz CT molecular complexity index is 1050. The molecule has 5 rings (SSSR count). The van der Waals surface area contributed by atoms with Crippen LogP contribution in [-0.4, -0.2) is 35.5 Å². The van der Waals surface area contributed by atoms with Gasteiger partial charge in [0.2, 0.25) is 0 Å². The molecule has 3 aromatic heterocycles. The van der Waals surface area contributed by atoms with Gasteiger partial charge in [-0.1, -0.05) is 0 Å². The third-order valence-corrected chi connectivity index (χ3v) is 4.79. The first-order chi connectivity index (χ1) is 12.7. The quantitative estimate of drug-likeness (QED) is 0.771. The highest BCUT2D eigenvalue weighted by molar-refractivity contribution is 5.94. The summed E-state index contributed by atoms with van der Waals surface area (Å²) in [6.45, 7) is 0.637. The number of aromatic nitrogens is 5. The molecule has 0 saturated heterocycles. The van der Waals surface area contributed by atoms with Gasteiger partial charge in [-0.3, -0.25) is 9.59 Å². The second-order valence-corrected chi connectivity index (χ2v) is 6.67. The molecule has 1 aliphatic carbocycles. The van der Waals surface area contributed by atoms with Crippen LogP contribution in [0.2, 0.25) is 0 Å². The molecule has 130 valence electrons. The van der Waals surface area contributed by atoms with Crippen molar-refractivity contribution in [3.8, 4) is 5.82 Å². The number of hydrogen-bond acceptors (Lipinski definition) is 5. The predicted molar refractivity (Wildman–Crippen MR) is 91.8 cm³/mol. The highest BCUT2D eigenvalue weighted by Crippen LogP contribution is 2.38. The van der Waals surface area contributed by atoms with Crippen LogP contribution in [0.25, 0.3) is 5.82 Å². The highest BCUT2D eigenvalue weighted by atomic mass is 16.2. The minimum absolute atomic E-state index is 0.126. The van der Waals surface area contributed by atoms with E-state index >= 15 is 0 Å². The van der Waals surface area contributed by atoms with Gasteiger partial charge in [0, 0.05) is 30.1 Å². The normalized spacial score (nSPS) is 15.9. The summed E-state index contributed by atoms with van der Waals surface area (Å²) < 4.78 is 1.60. The molecule has 26 heavy (non-hydrogen) atoms. The molecule has 4 heterocycles. The van der Waals surface area contributed by atoms with Gasteiger partial charge in [0.15, 0.2) is 5.82 Å². The number of aromatic amines is 1. The molecular weight excluding hydrogens is 332 g/mol. The summed E-state index contributed by atoms with van der Waals surface area (Å²) in [5, 5.41) is 4.13. The Labute approximate surface area is 148 Å². The second-order valence-electron chi connectivity index (χ2n) is 6.67. The van der Waals surface area contributed by atoms with Crippen LogP contribution in [0.5, 0.6) is 0 Å². The molecule has 0 unspecified atom stereocenters. The van der Waals surface area contributed by atoms with Crippen molar-refractivity contribution in [2.45, 2.75) is 31.8 Å². The van der Waals surface area contributed by atoms with Crippen LogP contribution >= 0.6 is 0 Å². The van der Waals surface area contributed by atoms with E-state index in [0.29, 0.717) is 35.1 Å². The first-order valence-electron chi connectivity index (χ1n) is 8.56. The van der Waals surface area contributed by atoms with Crippen molar-refractivity contribution in [2.24, 2.45) is 0 Å². The van der Waals surface area contributed by atoms with Crippen molar-refractivity contribution < 1.29 is 4.79 Å². The Balaban J connectivity index is 1.42. The minimum atomic E-state index is -0.147. The number of carbonyl (C=O) groups excluding carboxylic acids is 1. The maximum Gasteiger partial charge on any atom is 0.256 e. The molecule has 0 radical (unpaired) electrons. The first-order valence-corrected chi connectivity index (χ1v) is 8.56. The molecule has 0 bridgehead atoms. The number of hydrogen-bond donors (Lipinski definition) is 1. The van der Waals surface area contributed by atoms with Crippen molar-refractivity contribution >= 4 is 5.91 Å². The second kappa shape index (κ2) is 5.62. The molecule has 0 spiro atoms. The molecule has 8 heteroatoms.